The molecule has 1 aromatic heterocycles. The Bertz CT molecular complexity index is 1110. The summed E-state index contributed by atoms with van der Waals surface area (Å²) in [5.74, 6) is -0.499. The second-order valence-corrected chi connectivity index (χ2v) is 7.07. The number of aromatic nitrogens is 1. The normalized spacial score (nSPS) is 18.9. The maximum Gasteiger partial charge on any atom is 0.573 e. The molecule has 1 unspecified atom stereocenters. The van der Waals surface area contributed by atoms with Crippen molar-refractivity contribution in [2.24, 2.45) is 0 Å². The molecule has 1 aliphatic heterocycles. The standard InChI is InChI=1S/C21H16F3N3O4/c1-20(14-7-9-16(10-8-14)30-21(22,23)24)18(28)27(19(29)25-20)12-15-11-17(31-26-15)13-5-3-2-4-6-13/h2-11H,12H2,1H3,(H,25,29). The molecule has 1 N–H and O–H groups in total. The minimum atomic E-state index is -4.82. The molecule has 1 fully saturated rings. The van der Waals surface area contributed by atoms with Gasteiger partial charge in [-0.15, -0.1) is 13.2 Å². The summed E-state index contributed by atoms with van der Waals surface area (Å²) in [6.07, 6.45) is -4.82. The van der Waals surface area contributed by atoms with Crippen LogP contribution in [0.2, 0.25) is 0 Å². The molecule has 1 saturated heterocycles. The Kier molecular flexibility index (Phi) is 4.92. The van der Waals surface area contributed by atoms with Gasteiger partial charge < -0.3 is 14.6 Å². The number of halogens is 3. The van der Waals surface area contributed by atoms with Crippen LogP contribution in [0.5, 0.6) is 5.75 Å². The molecule has 3 amide bonds. The van der Waals surface area contributed by atoms with Crippen LogP contribution in [0.3, 0.4) is 0 Å². The zero-order valence-corrected chi connectivity index (χ0v) is 16.1. The van der Waals surface area contributed by atoms with E-state index in [-0.39, 0.29) is 6.54 Å². The fourth-order valence-corrected chi connectivity index (χ4v) is 3.31. The number of hydrogen-bond donors (Lipinski definition) is 1. The smallest absolute Gasteiger partial charge is 0.406 e. The molecule has 160 valence electrons. The van der Waals surface area contributed by atoms with E-state index < -0.39 is 29.6 Å². The van der Waals surface area contributed by atoms with E-state index in [0.29, 0.717) is 17.0 Å². The van der Waals surface area contributed by atoms with Crippen molar-refractivity contribution in [3.05, 3.63) is 71.9 Å². The second kappa shape index (κ2) is 7.46. The van der Waals surface area contributed by atoms with Crippen LogP contribution >= 0.6 is 0 Å². The lowest BCUT2D eigenvalue weighted by Crippen LogP contribution is -2.40. The largest absolute Gasteiger partial charge is 0.573 e. The lowest BCUT2D eigenvalue weighted by Gasteiger charge is -2.22. The lowest BCUT2D eigenvalue weighted by molar-refractivity contribution is -0.274. The van der Waals surface area contributed by atoms with Crippen LogP contribution in [0.1, 0.15) is 18.2 Å². The summed E-state index contributed by atoms with van der Waals surface area (Å²) in [6, 6.07) is 15.0. The summed E-state index contributed by atoms with van der Waals surface area (Å²) in [6.45, 7) is 1.36. The van der Waals surface area contributed by atoms with Crippen LogP contribution in [-0.4, -0.2) is 28.4 Å². The van der Waals surface area contributed by atoms with Gasteiger partial charge in [0.1, 0.15) is 17.0 Å². The van der Waals surface area contributed by atoms with Crippen LogP contribution in [0, 0.1) is 0 Å². The van der Waals surface area contributed by atoms with Crippen LogP contribution in [0.25, 0.3) is 11.3 Å². The van der Waals surface area contributed by atoms with Gasteiger partial charge in [0.05, 0.1) is 6.54 Å². The van der Waals surface area contributed by atoms with Gasteiger partial charge in [-0.3, -0.25) is 9.69 Å². The van der Waals surface area contributed by atoms with Crippen molar-refractivity contribution < 1.29 is 32.0 Å². The van der Waals surface area contributed by atoms with Crippen molar-refractivity contribution in [2.45, 2.75) is 25.4 Å². The Balaban J connectivity index is 1.51. The summed E-state index contributed by atoms with van der Waals surface area (Å²) in [7, 11) is 0. The Morgan fingerprint density at radius 3 is 2.42 bits per heavy atom. The summed E-state index contributed by atoms with van der Waals surface area (Å²) in [4.78, 5) is 26.5. The van der Waals surface area contributed by atoms with Gasteiger partial charge in [0.15, 0.2) is 5.76 Å². The minimum Gasteiger partial charge on any atom is -0.406 e. The highest BCUT2D eigenvalue weighted by atomic mass is 19.4. The highest BCUT2D eigenvalue weighted by Gasteiger charge is 2.49. The maximum absolute atomic E-state index is 13.0. The number of ether oxygens (including phenoxy) is 1. The van der Waals surface area contributed by atoms with E-state index in [1.54, 1.807) is 6.07 Å². The predicted molar refractivity (Wildman–Crippen MR) is 101 cm³/mol. The average molecular weight is 431 g/mol. The van der Waals surface area contributed by atoms with Crippen LogP contribution in [-0.2, 0) is 16.9 Å². The Morgan fingerprint density at radius 2 is 1.77 bits per heavy atom. The third kappa shape index (κ3) is 4.09. The zero-order valence-electron chi connectivity index (χ0n) is 16.1. The number of carbonyl (C=O) groups is 2. The molecule has 0 saturated carbocycles. The first kappa shape index (κ1) is 20.5. The van der Waals surface area contributed by atoms with E-state index in [9.17, 15) is 22.8 Å². The molecule has 0 spiro atoms. The fourth-order valence-electron chi connectivity index (χ4n) is 3.31. The molecule has 0 radical (unpaired) electrons. The molecule has 10 heteroatoms. The molecular weight excluding hydrogens is 415 g/mol. The zero-order chi connectivity index (χ0) is 22.2. The highest BCUT2D eigenvalue weighted by molar-refractivity contribution is 6.07. The molecule has 0 bridgehead atoms. The number of nitrogens with one attached hydrogen (secondary N) is 1. The molecule has 4 rings (SSSR count). The molecule has 2 aromatic carbocycles. The van der Waals surface area contributed by atoms with Crippen molar-refractivity contribution >= 4 is 11.9 Å². The number of benzene rings is 2. The van der Waals surface area contributed by atoms with E-state index in [4.69, 9.17) is 4.52 Å². The first-order valence-corrected chi connectivity index (χ1v) is 9.17. The summed E-state index contributed by atoms with van der Waals surface area (Å²) >= 11 is 0. The molecule has 31 heavy (non-hydrogen) atoms. The van der Waals surface area contributed by atoms with Gasteiger partial charge in [0, 0.05) is 11.6 Å². The van der Waals surface area contributed by atoms with Gasteiger partial charge in [-0.1, -0.05) is 47.6 Å². The SMILES string of the molecule is CC1(c2ccc(OC(F)(F)F)cc2)NC(=O)N(Cc2cc(-c3ccccc3)on2)C1=O. The topological polar surface area (TPSA) is 84.7 Å². The van der Waals surface area contributed by atoms with E-state index in [1.807, 2.05) is 30.3 Å². The third-order valence-electron chi connectivity index (χ3n) is 4.88. The highest BCUT2D eigenvalue weighted by Crippen LogP contribution is 2.32. The van der Waals surface area contributed by atoms with Gasteiger partial charge in [0.2, 0.25) is 0 Å². The number of rotatable bonds is 5. The van der Waals surface area contributed by atoms with Gasteiger partial charge in [0.25, 0.3) is 5.91 Å². The Labute approximate surface area is 174 Å². The number of amides is 3. The Hall–Kier alpha value is -3.82. The van der Waals surface area contributed by atoms with Crippen molar-refractivity contribution in [3.8, 4) is 17.1 Å². The second-order valence-electron chi connectivity index (χ2n) is 7.07. The molecular formula is C21H16F3N3O4. The van der Waals surface area contributed by atoms with Crippen molar-refractivity contribution in [3.63, 3.8) is 0 Å². The fraction of sp³-hybridized carbons (Fsp3) is 0.190. The maximum atomic E-state index is 13.0. The molecule has 1 atom stereocenters. The summed E-state index contributed by atoms with van der Waals surface area (Å²) < 4.78 is 46.2. The number of carbonyl (C=O) groups excluding carboxylic acids is 2. The predicted octanol–water partition coefficient (Wildman–Crippen LogP) is 4.21. The van der Waals surface area contributed by atoms with E-state index in [0.717, 1.165) is 22.6 Å². The minimum absolute atomic E-state index is 0.119. The van der Waals surface area contributed by atoms with Gasteiger partial charge in [-0.2, -0.15) is 0 Å². The monoisotopic (exact) mass is 431 g/mol. The first-order chi connectivity index (χ1) is 14.7. The number of alkyl halides is 3. The number of imide groups is 1. The molecule has 3 aromatic rings. The molecule has 2 heterocycles. The van der Waals surface area contributed by atoms with Gasteiger partial charge in [-0.05, 0) is 24.6 Å². The van der Waals surface area contributed by atoms with Crippen molar-refractivity contribution in [2.75, 3.05) is 0 Å². The number of hydrogen-bond acceptors (Lipinski definition) is 5. The molecule has 1 aliphatic rings. The molecule has 7 nitrogen and oxygen atoms in total. The van der Waals surface area contributed by atoms with Crippen LogP contribution in [0.15, 0.2) is 65.2 Å². The van der Waals surface area contributed by atoms with Crippen LogP contribution < -0.4 is 10.1 Å². The first-order valence-electron chi connectivity index (χ1n) is 9.17. The Morgan fingerprint density at radius 1 is 1.10 bits per heavy atom. The number of nitrogens with zero attached hydrogens (tertiary/aromatic N) is 2. The van der Waals surface area contributed by atoms with Gasteiger partial charge >= 0.3 is 12.4 Å². The summed E-state index contributed by atoms with van der Waals surface area (Å²) in [5, 5.41) is 6.51. The number of urea groups is 1. The van der Waals surface area contributed by atoms with Crippen LogP contribution in [0.4, 0.5) is 18.0 Å². The quantitative estimate of drug-likeness (QED) is 0.612. The third-order valence-corrected chi connectivity index (χ3v) is 4.88. The average Bonchev–Trinajstić information content (AvgIpc) is 3.27. The van der Waals surface area contributed by atoms with Crippen molar-refractivity contribution in [1.82, 2.24) is 15.4 Å². The van der Waals surface area contributed by atoms with Gasteiger partial charge in [-0.25, -0.2) is 4.79 Å². The van der Waals surface area contributed by atoms with E-state index in [1.165, 1.54) is 19.1 Å². The van der Waals surface area contributed by atoms with Crippen molar-refractivity contribution in [1.29, 1.82) is 0 Å². The van der Waals surface area contributed by atoms with E-state index >= 15 is 0 Å². The molecule has 0 aliphatic carbocycles. The van der Waals surface area contributed by atoms with E-state index in [2.05, 4.69) is 15.2 Å². The summed E-state index contributed by atoms with van der Waals surface area (Å²) in [5.41, 5.74) is 0.0396. The lowest BCUT2D eigenvalue weighted by atomic mass is 9.92.